The van der Waals surface area contributed by atoms with Gasteiger partial charge in [0.2, 0.25) is 5.91 Å². The molecule has 0 aliphatic carbocycles. The molecule has 5 nitrogen and oxygen atoms in total. The second-order valence-electron chi connectivity index (χ2n) is 6.39. The number of aromatic nitrogens is 2. The molecule has 3 heterocycles. The predicted octanol–water partition coefficient (Wildman–Crippen LogP) is 2.49. The summed E-state index contributed by atoms with van der Waals surface area (Å²) in [7, 11) is 0. The van der Waals surface area contributed by atoms with Crippen LogP contribution in [-0.4, -0.2) is 44.8 Å². The fourth-order valence-electron chi connectivity index (χ4n) is 3.36. The molecule has 1 amide bonds. The van der Waals surface area contributed by atoms with Gasteiger partial charge in [-0.25, -0.2) is 0 Å². The number of nitrogens with zero attached hydrogens (tertiary/aromatic N) is 4. The topological polar surface area (TPSA) is 49.3 Å². The van der Waals surface area contributed by atoms with E-state index in [1.807, 2.05) is 35.6 Å². The lowest BCUT2D eigenvalue weighted by Gasteiger charge is -2.39. The Bertz CT molecular complexity index is 647. The van der Waals surface area contributed by atoms with Gasteiger partial charge in [-0.1, -0.05) is 6.07 Å². The summed E-state index contributed by atoms with van der Waals surface area (Å²) in [4.78, 5) is 24.9. The Kier molecular flexibility index (Phi) is 5.54. The molecule has 1 unspecified atom stereocenters. The number of hydrogen-bond donors (Lipinski definition) is 0. The average molecular weight is 324 g/mol. The molecule has 3 rings (SSSR count). The largest absolute Gasteiger partial charge is 0.334 e. The van der Waals surface area contributed by atoms with Crippen LogP contribution in [0.4, 0.5) is 0 Å². The molecule has 0 spiro atoms. The van der Waals surface area contributed by atoms with E-state index >= 15 is 0 Å². The van der Waals surface area contributed by atoms with Crippen molar-refractivity contribution < 1.29 is 4.79 Å². The highest BCUT2D eigenvalue weighted by Gasteiger charge is 2.27. The molecule has 24 heavy (non-hydrogen) atoms. The quantitative estimate of drug-likeness (QED) is 0.848. The minimum absolute atomic E-state index is 0.134. The monoisotopic (exact) mass is 324 g/mol. The summed E-state index contributed by atoms with van der Waals surface area (Å²) in [5.74, 6) is 0.134. The van der Waals surface area contributed by atoms with Crippen molar-refractivity contribution in [2.45, 2.75) is 38.9 Å². The van der Waals surface area contributed by atoms with E-state index in [-0.39, 0.29) is 11.9 Å². The summed E-state index contributed by atoms with van der Waals surface area (Å²) in [5.41, 5.74) is 2.35. The molecule has 0 aromatic carbocycles. The van der Waals surface area contributed by atoms with Crippen molar-refractivity contribution in [1.82, 2.24) is 19.8 Å². The lowest BCUT2D eigenvalue weighted by molar-refractivity contribution is -0.133. The predicted molar refractivity (Wildman–Crippen MR) is 93.0 cm³/mol. The number of hydrogen-bond acceptors (Lipinski definition) is 4. The van der Waals surface area contributed by atoms with Crippen LogP contribution in [0, 0.1) is 0 Å². The molecule has 126 valence electrons. The Hall–Kier alpha value is -2.27. The third-order valence-electron chi connectivity index (χ3n) is 4.56. The fourth-order valence-corrected chi connectivity index (χ4v) is 3.36. The first-order valence-electron chi connectivity index (χ1n) is 8.50. The van der Waals surface area contributed by atoms with Gasteiger partial charge < -0.3 is 4.90 Å². The van der Waals surface area contributed by atoms with Crippen LogP contribution in [-0.2, 0) is 17.9 Å². The lowest BCUT2D eigenvalue weighted by atomic mass is 10.0. The molecular formula is C19H24N4O. The van der Waals surface area contributed by atoms with Gasteiger partial charge in [-0.3, -0.25) is 19.7 Å². The summed E-state index contributed by atoms with van der Waals surface area (Å²) >= 11 is 0. The molecular weight excluding hydrogens is 300 g/mol. The summed E-state index contributed by atoms with van der Waals surface area (Å²) in [5, 5.41) is 0. The van der Waals surface area contributed by atoms with Crippen molar-refractivity contribution in [2.24, 2.45) is 0 Å². The van der Waals surface area contributed by atoms with Crippen molar-refractivity contribution in [3.05, 3.63) is 60.2 Å². The second kappa shape index (κ2) is 8.02. The molecule has 1 aliphatic rings. The molecule has 1 saturated heterocycles. The van der Waals surface area contributed by atoms with Crippen LogP contribution in [0.15, 0.2) is 49.1 Å². The molecule has 0 N–H and O–H groups in total. The van der Waals surface area contributed by atoms with Crippen molar-refractivity contribution >= 4 is 5.91 Å². The molecule has 0 radical (unpaired) electrons. The van der Waals surface area contributed by atoms with Crippen LogP contribution in [0.2, 0.25) is 0 Å². The van der Waals surface area contributed by atoms with Gasteiger partial charge in [0.25, 0.3) is 0 Å². The summed E-state index contributed by atoms with van der Waals surface area (Å²) in [6, 6.07) is 8.33. The summed E-state index contributed by atoms with van der Waals surface area (Å²) in [6.07, 6.45) is 9.45. The van der Waals surface area contributed by atoms with Crippen LogP contribution in [0.1, 0.15) is 30.9 Å². The Balaban J connectivity index is 1.66. The van der Waals surface area contributed by atoms with Crippen LogP contribution in [0.5, 0.6) is 0 Å². The molecule has 0 bridgehead atoms. The first-order chi connectivity index (χ1) is 11.7. The van der Waals surface area contributed by atoms with Crippen LogP contribution >= 0.6 is 0 Å². The average Bonchev–Trinajstić information content (AvgIpc) is 2.61. The van der Waals surface area contributed by atoms with Gasteiger partial charge >= 0.3 is 0 Å². The summed E-state index contributed by atoms with van der Waals surface area (Å²) in [6.45, 7) is 5.21. The van der Waals surface area contributed by atoms with Crippen molar-refractivity contribution in [3.63, 3.8) is 0 Å². The molecule has 5 heteroatoms. The van der Waals surface area contributed by atoms with E-state index < -0.39 is 0 Å². The number of amides is 1. The lowest BCUT2D eigenvalue weighted by Crippen LogP contribution is -2.49. The Morgan fingerprint density at radius 1 is 1.21 bits per heavy atom. The highest BCUT2D eigenvalue weighted by atomic mass is 16.2. The number of rotatable bonds is 5. The van der Waals surface area contributed by atoms with E-state index in [1.165, 1.54) is 5.56 Å². The Morgan fingerprint density at radius 2 is 2.04 bits per heavy atom. The third kappa shape index (κ3) is 4.38. The highest BCUT2D eigenvalue weighted by Crippen LogP contribution is 2.20. The molecule has 1 aliphatic heterocycles. The van der Waals surface area contributed by atoms with Gasteiger partial charge in [-0.15, -0.1) is 0 Å². The maximum atomic E-state index is 12.2. The number of piperidine rings is 1. The van der Waals surface area contributed by atoms with E-state index in [9.17, 15) is 4.79 Å². The standard InChI is InChI=1S/C19H24N4O/c1-16(24)23(14-18-4-2-8-21-12-18)19-5-3-11-22(15-19)13-17-6-9-20-10-7-17/h2,4,6-10,12,19H,3,5,11,13-15H2,1H3. The highest BCUT2D eigenvalue weighted by molar-refractivity contribution is 5.73. The zero-order valence-electron chi connectivity index (χ0n) is 14.1. The number of carbonyl (C=O) groups is 1. The zero-order chi connectivity index (χ0) is 16.8. The van der Waals surface area contributed by atoms with Crippen LogP contribution in [0.3, 0.4) is 0 Å². The minimum Gasteiger partial charge on any atom is -0.334 e. The fraction of sp³-hybridized carbons (Fsp3) is 0.421. The van der Waals surface area contributed by atoms with E-state index in [1.54, 1.807) is 13.1 Å². The van der Waals surface area contributed by atoms with Gasteiger partial charge in [0.05, 0.1) is 0 Å². The minimum atomic E-state index is 0.134. The molecule has 1 fully saturated rings. The molecule has 2 aromatic heterocycles. The molecule has 1 atom stereocenters. The maximum Gasteiger partial charge on any atom is 0.220 e. The smallest absolute Gasteiger partial charge is 0.220 e. The van der Waals surface area contributed by atoms with Crippen molar-refractivity contribution in [3.8, 4) is 0 Å². The van der Waals surface area contributed by atoms with Crippen molar-refractivity contribution in [2.75, 3.05) is 13.1 Å². The first-order valence-corrected chi connectivity index (χ1v) is 8.50. The zero-order valence-corrected chi connectivity index (χ0v) is 14.1. The number of carbonyl (C=O) groups excluding carboxylic acids is 1. The second-order valence-corrected chi connectivity index (χ2v) is 6.39. The van der Waals surface area contributed by atoms with E-state index in [2.05, 4.69) is 27.0 Å². The van der Waals surface area contributed by atoms with Gasteiger partial charge in [0.1, 0.15) is 0 Å². The molecule has 0 saturated carbocycles. The SMILES string of the molecule is CC(=O)N(Cc1cccnc1)C1CCCN(Cc2ccncc2)C1. The van der Waals surface area contributed by atoms with Crippen molar-refractivity contribution in [1.29, 1.82) is 0 Å². The normalized spacial score (nSPS) is 18.3. The van der Waals surface area contributed by atoms with E-state index in [4.69, 9.17) is 0 Å². The number of pyridine rings is 2. The maximum absolute atomic E-state index is 12.2. The van der Waals surface area contributed by atoms with Crippen LogP contribution < -0.4 is 0 Å². The first kappa shape index (κ1) is 16.6. The summed E-state index contributed by atoms with van der Waals surface area (Å²) < 4.78 is 0. The van der Waals surface area contributed by atoms with Gasteiger partial charge in [-0.2, -0.15) is 0 Å². The molecule has 2 aromatic rings. The van der Waals surface area contributed by atoms with E-state index in [0.717, 1.165) is 38.0 Å². The Labute approximate surface area is 143 Å². The van der Waals surface area contributed by atoms with Crippen LogP contribution in [0.25, 0.3) is 0 Å². The van der Waals surface area contributed by atoms with Gasteiger partial charge in [0.15, 0.2) is 0 Å². The third-order valence-corrected chi connectivity index (χ3v) is 4.56. The Morgan fingerprint density at radius 3 is 2.75 bits per heavy atom. The van der Waals surface area contributed by atoms with E-state index in [0.29, 0.717) is 6.54 Å². The van der Waals surface area contributed by atoms with Gasteiger partial charge in [-0.05, 0) is 48.7 Å². The number of likely N-dealkylation sites (tertiary alicyclic amines) is 1. The van der Waals surface area contributed by atoms with Gasteiger partial charge in [0, 0.05) is 57.4 Å².